The van der Waals surface area contributed by atoms with Gasteiger partial charge in [-0.3, -0.25) is 0 Å². The number of nitrogens with zero attached hydrogens (tertiary/aromatic N) is 3. The molecule has 1 saturated heterocycles. The quantitative estimate of drug-likeness (QED) is 0.879. The lowest BCUT2D eigenvalue weighted by atomic mass is 9.92. The number of ether oxygens (including phenoxy) is 1. The minimum absolute atomic E-state index is 0.446. The first-order valence-corrected chi connectivity index (χ1v) is 9.11. The van der Waals surface area contributed by atoms with E-state index in [1.165, 1.54) is 16.8 Å². The van der Waals surface area contributed by atoms with Crippen LogP contribution >= 0.6 is 0 Å². The maximum atomic E-state index is 5.43. The van der Waals surface area contributed by atoms with Crippen LogP contribution in [-0.2, 0) is 4.74 Å². The van der Waals surface area contributed by atoms with Crippen molar-refractivity contribution >= 4 is 17.3 Å². The number of hydrogen-bond acceptors (Lipinski definition) is 5. The fourth-order valence-corrected chi connectivity index (χ4v) is 3.20. The van der Waals surface area contributed by atoms with Gasteiger partial charge in [-0.2, -0.15) is 0 Å². The second-order valence-electron chi connectivity index (χ2n) is 7.11. The van der Waals surface area contributed by atoms with Gasteiger partial charge in [-0.1, -0.05) is 45.9 Å². The van der Waals surface area contributed by atoms with Gasteiger partial charge in [0.1, 0.15) is 18.0 Å². The lowest BCUT2D eigenvalue weighted by Gasteiger charge is -2.28. The smallest absolute Gasteiger partial charge is 0.135 e. The van der Waals surface area contributed by atoms with Crippen molar-refractivity contribution in [2.75, 3.05) is 36.5 Å². The molecule has 25 heavy (non-hydrogen) atoms. The first-order chi connectivity index (χ1) is 12.1. The fourth-order valence-electron chi connectivity index (χ4n) is 3.20. The SMILES string of the molecule is CC(C)c1cccc(C(C)C)c1Nc1cc(N2CCOCC2)ncn1. The number of nitrogens with one attached hydrogen (secondary N) is 1. The van der Waals surface area contributed by atoms with Crippen molar-refractivity contribution in [2.24, 2.45) is 0 Å². The van der Waals surface area contributed by atoms with Gasteiger partial charge in [-0.05, 0) is 23.0 Å². The van der Waals surface area contributed by atoms with Gasteiger partial charge in [0.2, 0.25) is 0 Å². The number of aromatic nitrogens is 2. The molecular formula is C20H28N4O. The number of rotatable bonds is 5. The minimum atomic E-state index is 0.446. The summed E-state index contributed by atoms with van der Waals surface area (Å²) in [6, 6.07) is 8.58. The Morgan fingerprint density at radius 1 is 1.00 bits per heavy atom. The Balaban J connectivity index is 1.92. The molecule has 1 aromatic heterocycles. The zero-order chi connectivity index (χ0) is 17.8. The van der Waals surface area contributed by atoms with Crippen molar-refractivity contribution in [1.82, 2.24) is 9.97 Å². The van der Waals surface area contributed by atoms with Crippen LogP contribution in [0, 0.1) is 0 Å². The Morgan fingerprint density at radius 3 is 2.24 bits per heavy atom. The van der Waals surface area contributed by atoms with Gasteiger partial charge in [-0.25, -0.2) is 9.97 Å². The molecule has 0 spiro atoms. The molecule has 5 heteroatoms. The lowest BCUT2D eigenvalue weighted by molar-refractivity contribution is 0.122. The van der Waals surface area contributed by atoms with Crippen molar-refractivity contribution in [3.05, 3.63) is 41.7 Å². The summed E-state index contributed by atoms with van der Waals surface area (Å²) in [5.41, 5.74) is 3.81. The van der Waals surface area contributed by atoms with Gasteiger partial charge < -0.3 is 15.0 Å². The Labute approximate surface area is 150 Å². The number of morpholine rings is 1. The van der Waals surface area contributed by atoms with E-state index in [-0.39, 0.29) is 0 Å². The second-order valence-corrected chi connectivity index (χ2v) is 7.11. The molecule has 0 bridgehead atoms. The van der Waals surface area contributed by atoms with Crippen LogP contribution in [0.2, 0.25) is 0 Å². The first kappa shape index (κ1) is 17.7. The van der Waals surface area contributed by atoms with E-state index in [9.17, 15) is 0 Å². The van der Waals surface area contributed by atoms with Crippen molar-refractivity contribution < 1.29 is 4.74 Å². The molecule has 2 aromatic rings. The fraction of sp³-hybridized carbons (Fsp3) is 0.500. The maximum absolute atomic E-state index is 5.43. The summed E-state index contributed by atoms with van der Waals surface area (Å²) >= 11 is 0. The molecule has 1 N–H and O–H groups in total. The van der Waals surface area contributed by atoms with E-state index in [2.05, 4.69) is 66.1 Å². The van der Waals surface area contributed by atoms with E-state index in [0.29, 0.717) is 11.8 Å². The minimum Gasteiger partial charge on any atom is -0.378 e. The average Bonchev–Trinajstić information content (AvgIpc) is 2.62. The molecule has 134 valence electrons. The highest BCUT2D eigenvalue weighted by atomic mass is 16.5. The topological polar surface area (TPSA) is 50.3 Å². The molecule has 0 radical (unpaired) electrons. The summed E-state index contributed by atoms with van der Waals surface area (Å²) in [7, 11) is 0. The third kappa shape index (κ3) is 4.10. The number of anilines is 3. The molecule has 2 heterocycles. The van der Waals surface area contributed by atoms with Crippen LogP contribution in [0.4, 0.5) is 17.3 Å². The Bertz CT molecular complexity index is 682. The molecule has 1 aromatic carbocycles. The molecule has 0 amide bonds. The number of benzene rings is 1. The van der Waals surface area contributed by atoms with Crippen molar-refractivity contribution in [3.63, 3.8) is 0 Å². The predicted octanol–water partition coefficient (Wildman–Crippen LogP) is 4.30. The number of hydrogen-bond donors (Lipinski definition) is 1. The maximum Gasteiger partial charge on any atom is 0.135 e. The first-order valence-electron chi connectivity index (χ1n) is 9.11. The second kappa shape index (κ2) is 7.83. The van der Waals surface area contributed by atoms with Crippen LogP contribution in [0.1, 0.15) is 50.7 Å². The third-order valence-electron chi connectivity index (χ3n) is 4.61. The summed E-state index contributed by atoms with van der Waals surface area (Å²) in [6.45, 7) is 12.1. The van der Waals surface area contributed by atoms with Crippen molar-refractivity contribution in [2.45, 2.75) is 39.5 Å². The zero-order valence-corrected chi connectivity index (χ0v) is 15.6. The van der Waals surface area contributed by atoms with Gasteiger partial charge >= 0.3 is 0 Å². The highest BCUT2D eigenvalue weighted by Gasteiger charge is 2.16. The molecule has 3 rings (SSSR count). The van der Waals surface area contributed by atoms with E-state index in [1.807, 2.05) is 6.07 Å². The summed E-state index contributed by atoms with van der Waals surface area (Å²) < 4.78 is 5.43. The average molecular weight is 340 g/mol. The van der Waals surface area contributed by atoms with E-state index in [1.54, 1.807) is 6.33 Å². The van der Waals surface area contributed by atoms with Crippen LogP contribution in [-0.4, -0.2) is 36.3 Å². The predicted molar refractivity (Wildman–Crippen MR) is 103 cm³/mol. The molecule has 0 atom stereocenters. The molecular weight excluding hydrogens is 312 g/mol. The molecule has 5 nitrogen and oxygen atoms in total. The highest BCUT2D eigenvalue weighted by Crippen LogP contribution is 2.34. The molecule has 1 fully saturated rings. The van der Waals surface area contributed by atoms with E-state index in [0.717, 1.165) is 37.9 Å². The van der Waals surface area contributed by atoms with E-state index < -0.39 is 0 Å². The van der Waals surface area contributed by atoms with Gasteiger partial charge in [0.25, 0.3) is 0 Å². The highest BCUT2D eigenvalue weighted by molar-refractivity contribution is 5.68. The molecule has 0 saturated carbocycles. The number of para-hydroxylation sites is 1. The van der Waals surface area contributed by atoms with Gasteiger partial charge in [0.15, 0.2) is 0 Å². The largest absolute Gasteiger partial charge is 0.378 e. The van der Waals surface area contributed by atoms with Crippen LogP contribution in [0.3, 0.4) is 0 Å². The van der Waals surface area contributed by atoms with Crippen molar-refractivity contribution in [1.29, 1.82) is 0 Å². The molecule has 1 aliphatic heterocycles. The summed E-state index contributed by atoms with van der Waals surface area (Å²) in [5.74, 6) is 2.68. The standard InChI is InChI=1S/C20H28N4O/c1-14(2)16-6-5-7-17(15(3)4)20(16)23-18-12-19(22-13-21-18)24-8-10-25-11-9-24/h5-7,12-15H,8-11H2,1-4H3,(H,21,22,23). The summed E-state index contributed by atoms with van der Waals surface area (Å²) in [6.07, 6.45) is 1.64. The summed E-state index contributed by atoms with van der Waals surface area (Å²) in [4.78, 5) is 11.1. The van der Waals surface area contributed by atoms with Gasteiger partial charge in [0.05, 0.1) is 13.2 Å². The summed E-state index contributed by atoms with van der Waals surface area (Å²) in [5, 5.41) is 3.57. The molecule has 0 unspecified atom stereocenters. The normalized spacial score (nSPS) is 15.0. The third-order valence-corrected chi connectivity index (χ3v) is 4.61. The Hall–Kier alpha value is -2.14. The molecule has 0 aliphatic carbocycles. The van der Waals surface area contributed by atoms with Crippen LogP contribution in [0.5, 0.6) is 0 Å². The lowest BCUT2D eigenvalue weighted by Crippen LogP contribution is -2.36. The molecule has 1 aliphatic rings. The van der Waals surface area contributed by atoms with Gasteiger partial charge in [-0.15, -0.1) is 0 Å². The van der Waals surface area contributed by atoms with E-state index in [4.69, 9.17) is 4.74 Å². The van der Waals surface area contributed by atoms with Crippen LogP contribution in [0.15, 0.2) is 30.6 Å². The van der Waals surface area contributed by atoms with Gasteiger partial charge in [0, 0.05) is 24.8 Å². The van der Waals surface area contributed by atoms with Crippen LogP contribution in [0.25, 0.3) is 0 Å². The Kier molecular flexibility index (Phi) is 5.53. The Morgan fingerprint density at radius 2 is 1.64 bits per heavy atom. The van der Waals surface area contributed by atoms with E-state index >= 15 is 0 Å². The zero-order valence-electron chi connectivity index (χ0n) is 15.6. The van der Waals surface area contributed by atoms with Crippen molar-refractivity contribution in [3.8, 4) is 0 Å². The van der Waals surface area contributed by atoms with Crippen LogP contribution < -0.4 is 10.2 Å². The monoisotopic (exact) mass is 340 g/mol.